The molecule has 1 fully saturated rings. The number of rotatable bonds is 6. The highest BCUT2D eigenvalue weighted by Crippen LogP contribution is 2.42. The monoisotopic (exact) mass is 497 g/mol. The fourth-order valence-electron chi connectivity index (χ4n) is 4.07. The first kappa shape index (κ1) is 25.1. The zero-order chi connectivity index (χ0) is 25.7. The Bertz CT molecular complexity index is 1240. The van der Waals surface area contributed by atoms with Crippen LogP contribution in [0.1, 0.15) is 28.6 Å². The summed E-state index contributed by atoms with van der Waals surface area (Å²) in [6, 6.07) is 14.7. The highest BCUT2D eigenvalue weighted by Gasteiger charge is 2.35. The number of hydrogen-bond acceptors (Lipinski definition) is 4. The van der Waals surface area contributed by atoms with Gasteiger partial charge in [-0.25, -0.2) is 0 Å². The maximum atomic E-state index is 13.9. The van der Waals surface area contributed by atoms with E-state index in [2.05, 4.69) is 6.07 Å². The zero-order valence-electron chi connectivity index (χ0n) is 19.5. The van der Waals surface area contributed by atoms with Crippen LogP contribution in [-0.2, 0) is 11.0 Å². The molecule has 6 nitrogen and oxygen atoms in total. The van der Waals surface area contributed by atoms with E-state index in [4.69, 9.17) is 9.15 Å². The van der Waals surface area contributed by atoms with E-state index in [1.54, 1.807) is 53.1 Å². The highest BCUT2D eigenvalue weighted by atomic mass is 19.4. The Labute approximate surface area is 206 Å². The molecule has 1 aromatic heterocycles. The summed E-state index contributed by atoms with van der Waals surface area (Å²) in [6.45, 7) is 3.28. The lowest BCUT2D eigenvalue weighted by Crippen LogP contribution is -2.50. The fraction of sp³-hybridized carbons (Fsp3) is 0.259. The number of halogens is 3. The average molecular weight is 497 g/mol. The Morgan fingerprint density at radius 2 is 1.78 bits per heavy atom. The van der Waals surface area contributed by atoms with Crippen molar-refractivity contribution in [2.24, 2.45) is 0 Å². The van der Waals surface area contributed by atoms with Crippen molar-refractivity contribution in [3.8, 4) is 16.9 Å². The number of benzene rings is 2. The number of furan rings is 1. The van der Waals surface area contributed by atoms with E-state index in [9.17, 15) is 22.8 Å². The summed E-state index contributed by atoms with van der Waals surface area (Å²) < 4.78 is 52.5. The second-order valence-electron chi connectivity index (χ2n) is 8.04. The van der Waals surface area contributed by atoms with Gasteiger partial charge in [0.15, 0.2) is 5.76 Å². The quantitative estimate of drug-likeness (QED) is 0.442. The smallest absolute Gasteiger partial charge is 0.417 e. The predicted molar refractivity (Wildman–Crippen MR) is 127 cm³/mol. The molecule has 2 heterocycles. The van der Waals surface area contributed by atoms with Crippen molar-refractivity contribution in [1.29, 1.82) is 0 Å². The summed E-state index contributed by atoms with van der Waals surface area (Å²) in [7, 11) is 0. The van der Waals surface area contributed by atoms with Crippen LogP contribution in [-0.4, -0.2) is 54.4 Å². The third-order valence-electron chi connectivity index (χ3n) is 5.78. The summed E-state index contributed by atoms with van der Waals surface area (Å²) in [5, 5.41) is 0. The van der Waals surface area contributed by atoms with E-state index in [1.165, 1.54) is 30.5 Å². The molecule has 36 heavy (non-hydrogen) atoms. The number of carbonyl (C=O) groups excluding carboxylic acids is 2. The van der Waals surface area contributed by atoms with E-state index in [0.717, 1.165) is 0 Å². The number of amides is 2. The molecule has 2 amide bonds. The van der Waals surface area contributed by atoms with Gasteiger partial charge in [-0.15, -0.1) is 0 Å². The van der Waals surface area contributed by atoms with Crippen LogP contribution in [0, 0.1) is 6.07 Å². The normalized spacial score (nSPS) is 14.3. The van der Waals surface area contributed by atoms with Crippen molar-refractivity contribution in [1.82, 2.24) is 9.80 Å². The molecule has 0 unspecified atom stereocenters. The van der Waals surface area contributed by atoms with Crippen molar-refractivity contribution >= 4 is 17.9 Å². The third kappa shape index (κ3) is 5.45. The Morgan fingerprint density at radius 3 is 2.44 bits per heavy atom. The minimum Gasteiger partial charge on any atom is -0.493 e. The number of hydrogen-bond donors (Lipinski definition) is 0. The first-order valence-electron chi connectivity index (χ1n) is 11.4. The van der Waals surface area contributed by atoms with Crippen LogP contribution in [0.4, 0.5) is 13.2 Å². The first-order valence-corrected chi connectivity index (χ1v) is 11.4. The maximum absolute atomic E-state index is 13.9. The number of nitrogens with zero attached hydrogens (tertiary/aromatic N) is 2. The van der Waals surface area contributed by atoms with Crippen molar-refractivity contribution in [3.63, 3.8) is 0 Å². The zero-order valence-corrected chi connectivity index (χ0v) is 19.5. The van der Waals surface area contributed by atoms with Gasteiger partial charge in [0.2, 0.25) is 5.91 Å². The van der Waals surface area contributed by atoms with Gasteiger partial charge in [0.1, 0.15) is 5.75 Å². The molecule has 2 aromatic carbocycles. The molecular weight excluding hydrogens is 473 g/mol. The molecule has 4 rings (SSSR count). The van der Waals surface area contributed by atoms with Gasteiger partial charge in [-0.1, -0.05) is 30.3 Å². The van der Waals surface area contributed by atoms with E-state index in [-0.39, 0.29) is 40.9 Å². The Hall–Kier alpha value is -4.01. The van der Waals surface area contributed by atoms with Gasteiger partial charge in [-0.2, -0.15) is 13.2 Å². The maximum Gasteiger partial charge on any atom is 0.417 e. The van der Waals surface area contributed by atoms with Gasteiger partial charge < -0.3 is 19.0 Å². The molecular formula is C27H24F3N2O4. The van der Waals surface area contributed by atoms with Gasteiger partial charge in [0.25, 0.3) is 5.91 Å². The lowest BCUT2D eigenvalue weighted by atomic mass is 9.93. The summed E-state index contributed by atoms with van der Waals surface area (Å²) in [5.41, 5.74) is -0.560. The first-order chi connectivity index (χ1) is 17.3. The Balaban J connectivity index is 1.56. The van der Waals surface area contributed by atoms with E-state index >= 15 is 0 Å². The van der Waals surface area contributed by atoms with E-state index in [0.29, 0.717) is 31.9 Å². The topological polar surface area (TPSA) is 63.0 Å². The molecule has 0 spiro atoms. The number of ether oxygens (including phenoxy) is 1. The molecule has 0 saturated carbocycles. The lowest BCUT2D eigenvalue weighted by Gasteiger charge is -2.33. The molecule has 0 N–H and O–H groups in total. The van der Waals surface area contributed by atoms with Crippen molar-refractivity contribution in [2.45, 2.75) is 13.1 Å². The molecule has 0 atom stereocenters. The third-order valence-corrected chi connectivity index (χ3v) is 5.78. The Morgan fingerprint density at radius 1 is 1.06 bits per heavy atom. The van der Waals surface area contributed by atoms with Crippen LogP contribution in [0.5, 0.6) is 5.75 Å². The summed E-state index contributed by atoms with van der Waals surface area (Å²) in [4.78, 5) is 28.4. The summed E-state index contributed by atoms with van der Waals surface area (Å²) in [5.74, 6) is -0.0645. The number of alkyl halides is 3. The number of para-hydroxylation sites is 1. The molecule has 187 valence electrons. The molecule has 3 aromatic rings. The van der Waals surface area contributed by atoms with Crippen LogP contribution in [0.25, 0.3) is 17.2 Å². The minimum absolute atomic E-state index is 0.105. The number of piperazine rings is 1. The van der Waals surface area contributed by atoms with Gasteiger partial charge in [-0.05, 0) is 42.8 Å². The molecule has 0 aliphatic carbocycles. The van der Waals surface area contributed by atoms with Gasteiger partial charge in [-0.3, -0.25) is 9.59 Å². The van der Waals surface area contributed by atoms with Gasteiger partial charge in [0.05, 0.1) is 18.4 Å². The molecule has 1 aliphatic rings. The van der Waals surface area contributed by atoms with E-state index < -0.39 is 11.7 Å². The summed E-state index contributed by atoms with van der Waals surface area (Å²) in [6.07, 6.45) is -0.597. The van der Waals surface area contributed by atoms with Crippen LogP contribution >= 0.6 is 0 Å². The molecule has 1 aliphatic heterocycles. The van der Waals surface area contributed by atoms with Crippen molar-refractivity contribution in [2.75, 3.05) is 32.8 Å². The van der Waals surface area contributed by atoms with Crippen LogP contribution in [0.15, 0.2) is 65.3 Å². The second kappa shape index (κ2) is 10.7. The van der Waals surface area contributed by atoms with Crippen LogP contribution in [0.3, 0.4) is 0 Å². The predicted octanol–water partition coefficient (Wildman–Crippen LogP) is 5.16. The SMILES string of the molecule is CCOc1ccccc1-c1c(C(F)(F)F)[c]ccc1/C=C/C(=O)N1CCN(C(=O)c2ccco2)CC1. The van der Waals surface area contributed by atoms with Crippen molar-refractivity contribution in [3.05, 3.63) is 83.8 Å². The van der Waals surface area contributed by atoms with Crippen LogP contribution in [0.2, 0.25) is 0 Å². The summed E-state index contributed by atoms with van der Waals surface area (Å²) >= 11 is 0. The highest BCUT2D eigenvalue weighted by molar-refractivity contribution is 5.95. The van der Waals surface area contributed by atoms with Crippen LogP contribution < -0.4 is 4.74 Å². The molecule has 1 radical (unpaired) electrons. The van der Waals surface area contributed by atoms with E-state index in [1.807, 2.05) is 0 Å². The van der Waals surface area contributed by atoms with Gasteiger partial charge in [0, 0.05) is 43.4 Å². The minimum atomic E-state index is -4.65. The molecule has 1 saturated heterocycles. The average Bonchev–Trinajstić information content (AvgIpc) is 3.42. The Kier molecular flexibility index (Phi) is 7.47. The molecule has 9 heteroatoms. The fourth-order valence-corrected chi connectivity index (χ4v) is 4.07. The van der Waals surface area contributed by atoms with Gasteiger partial charge >= 0.3 is 6.18 Å². The second-order valence-corrected chi connectivity index (χ2v) is 8.04. The standard InChI is InChI=1S/C27H24F3N2O4/c1-2-35-22-10-4-3-8-20(22)25-19(7-5-9-21(25)27(28,29)30)12-13-24(33)31-14-16-32(17-15-31)26(34)23-11-6-18-36-23/h3-8,10-13,18H,2,14-17H2,1H3/b13-12+. The number of carbonyl (C=O) groups is 2. The van der Waals surface area contributed by atoms with Crippen molar-refractivity contribution < 1.29 is 31.9 Å². The lowest BCUT2D eigenvalue weighted by molar-refractivity contribution is -0.137. The largest absolute Gasteiger partial charge is 0.493 e. The molecule has 0 bridgehead atoms.